The number of nitrogens with one attached hydrogen (secondary N) is 2. The number of carbonyl (C=O) groups excluding carboxylic acids is 3. The second-order valence-electron chi connectivity index (χ2n) is 12.0. The van der Waals surface area contributed by atoms with E-state index in [0.717, 1.165) is 12.5 Å². The fraction of sp³-hybridized carbons (Fsp3) is 0.700. The molecule has 2 N–H and O–H groups in total. The van der Waals surface area contributed by atoms with Gasteiger partial charge in [0.15, 0.2) is 11.6 Å². The van der Waals surface area contributed by atoms with E-state index in [4.69, 9.17) is 14.2 Å². The van der Waals surface area contributed by atoms with Gasteiger partial charge in [0.2, 0.25) is 5.91 Å². The van der Waals surface area contributed by atoms with Crippen LogP contribution in [-0.4, -0.2) is 50.2 Å². The molecule has 8 nitrogen and oxygen atoms in total. The molecule has 0 aliphatic heterocycles. The molecule has 1 aromatic carbocycles. The van der Waals surface area contributed by atoms with Crippen LogP contribution in [0.1, 0.15) is 89.9 Å². The lowest BCUT2D eigenvalue weighted by Gasteiger charge is -2.35. The van der Waals surface area contributed by atoms with Gasteiger partial charge in [-0.1, -0.05) is 34.1 Å². The van der Waals surface area contributed by atoms with Gasteiger partial charge in [0.25, 0.3) is 5.91 Å². The van der Waals surface area contributed by atoms with Crippen molar-refractivity contribution in [2.45, 2.75) is 97.8 Å². The van der Waals surface area contributed by atoms with Gasteiger partial charge < -0.3 is 24.8 Å². The number of benzene rings is 1. The Morgan fingerprint density at radius 3 is 2.18 bits per heavy atom. The molecular weight excluding hydrogens is 503 g/mol. The van der Waals surface area contributed by atoms with Gasteiger partial charge in [0, 0.05) is 18.2 Å². The first-order chi connectivity index (χ1) is 18.4. The molecule has 218 valence electrons. The molecule has 2 amide bonds. The van der Waals surface area contributed by atoms with Crippen LogP contribution in [0.15, 0.2) is 12.1 Å². The first-order valence-corrected chi connectivity index (χ1v) is 14.1. The van der Waals surface area contributed by atoms with Crippen LogP contribution in [-0.2, 0) is 14.3 Å². The third-order valence-electron chi connectivity index (χ3n) is 8.42. The van der Waals surface area contributed by atoms with Crippen molar-refractivity contribution in [3.05, 3.63) is 23.5 Å². The maximum Gasteiger partial charge on any atom is 0.311 e. The van der Waals surface area contributed by atoms with Crippen LogP contribution in [0.25, 0.3) is 0 Å². The number of amides is 2. The van der Waals surface area contributed by atoms with Crippen LogP contribution in [0.5, 0.6) is 11.5 Å². The Morgan fingerprint density at radius 1 is 0.974 bits per heavy atom. The SMILES string of the molecule is COc1cc(F)c(O[C@H]2CC[C@@](C)(C(=O)OC)CC2)cc1C(=O)N[C@@H]1CCC[C@@H]1C(=O)NC(C(C)C)C(C)C. The number of esters is 1. The van der Waals surface area contributed by atoms with E-state index in [2.05, 4.69) is 38.3 Å². The molecule has 0 heterocycles. The van der Waals surface area contributed by atoms with Crippen molar-refractivity contribution >= 4 is 17.8 Å². The van der Waals surface area contributed by atoms with Crippen molar-refractivity contribution in [3.8, 4) is 11.5 Å². The highest BCUT2D eigenvalue weighted by Gasteiger charge is 2.40. The minimum absolute atomic E-state index is 0.0370. The fourth-order valence-electron chi connectivity index (χ4n) is 6.02. The molecule has 0 aromatic heterocycles. The summed E-state index contributed by atoms with van der Waals surface area (Å²) < 4.78 is 31.1. The van der Waals surface area contributed by atoms with Gasteiger partial charge in [-0.2, -0.15) is 0 Å². The van der Waals surface area contributed by atoms with Crippen LogP contribution in [0.3, 0.4) is 0 Å². The van der Waals surface area contributed by atoms with Crippen molar-refractivity contribution in [1.29, 1.82) is 0 Å². The molecule has 2 fully saturated rings. The molecule has 2 aliphatic rings. The zero-order valence-electron chi connectivity index (χ0n) is 24.4. The van der Waals surface area contributed by atoms with E-state index < -0.39 is 17.1 Å². The Labute approximate surface area is 231 Å². The number of ether oxygens (including phenoxy) is 3. The molecule has 0 spiro atoms. The van der Waals surface area contributed by atoms with Gasteiger partial charge in [-0.25, -0.2) is 4.39 Å². The molecule has 2 saturated carbocycles. The topological polar surface area (TPSA) is 103 Å². The maximum atomic E-state index is 14.9. The third kappa shape index (κ3) is 7.22. The molecule has 0 unspecified atom stereocenters. The Kier molecular flexibility index (Phi) is 10.2. The summed E-state index contributed by atoms with van der Waals surface area (Å²) in [6.07, 6.45) is 4.17. The van der Waals surface area contributed by atoms with Crippen molar-refractivity contribution in [2.75, 3.05) is 14.2 Å². The summed E-state index contributed by atoms with van der Waals surface area (Å²) >= 11 is 0. The summed E-state index contributed by atoms with van der Waals surface area (Å²) in [5.41, 5.74) is -0.426. The average Bonchev–Trinajstić information content (AvgIpc) is 3.36. The number of carbonyl (C=O) groups is 3. The van der Waals surface area contributed by atoms with Crippen LogP contribution in [0.4, 0.5) is 4.39 Å². The maximum absolute atomic E-state index is 14.9. The lowest BCUT2D eigenvalue weighted by molar-refractivity contribution is -0.154. The van der Waals surface area contributed by atoms with Gasteiger partial charge in [0.05, 0.1) is 37.2 Å². The van der Waals surface area contributed by atoms with Crippen LogP contribution in [0.2, 0.25) is 0 Å². The summed E-state index contributed by atoms with van der Waals surface area (Å²) in [5.74, 6) is -1.04. The van der Waals surface area contributed by atoms with Gasteiger partial charge in [-0.3, -0.25) is 14.4 Å². The summed E-state index contributed by atoms with van der Waals surface area (Å²) in [6.45, 7) is 10.2. The largest absolute Gasteiger partial charge is 0.496 e. The number of halogens is 1. The van der Waals surface area contributed by atoms with Crippen molar-refractivity contribution in [2.24, 2.45) is 23.2 Å². The second-order valence-corrected chi connectivity index (χ2v) is 12.0. The van der Waals surface area contributed by atoms with E-state index in [-0.39, 0.29) is 53.0 Å². The van der Waals surface area contributed by atoms with E-state index in [1.165, 1.54) is 20.3 Å². The zero-order valence-corrected chi connectivity index (χ0v) is 24.4. The lowest BCUT2D eigenvalue weighted by atomic mass is 9.75. The van der Waals surface area contributed by atoms with Crippen LogP contribution in [0, 0.1) is 29.0 Å². The Balaban J connectivity index is 1.71. The number of methoxy groups -OCH3 is 2. The molecule has 0 radical (unpaired) electrons. The molecule has 2 aliphatic carbocycles. The van der Waals surface area contributed by atoms with Gasteiger partial charge in [-0.15, -0.1) is 0 Å². The van der Waals surface area contributed by atoms with Gasteiger partial charge in [-0.05, 0) is 63.4 Å². The minimum atomic E-state index is -0.628. The number of hydrogen-bond acceptors (Lipinski definition) is 6. The summed E-state index contributed by atoms with van der Waals surface area (Å²) in [7, 11) is 2.76. The Hall–Kier alpha value is -2.84. The smallest absolute Gasteiger partial charge is 0.311 e. The minimum Gasteiger partial charge on any atom is -0.496 e. The number of rotatable bonds is 10. The molecule has 3 rings (SSSR count). The second kappa shape index (κ2) is 13.0. The normalized spacial score (nSPS) is 25.1. The van der Waals surface area contributed by atoms with Crippen LogP contribution >= 0.6 is 0 Å². The third-order valence-corrected chi connectivity index (χ3v) is 8.42. The van der Waals surface area contributed by atoms with Crippen molar-refractivity contribution < 1.29 is 33.0 Å². The highest BCUT2D eigenvalue weighted by molar-refractivity contribution is 5.98. The quantitative estimate of drug-likeness (QED) is 0.398. The van der Waals surface area contributed by atoms with Crippen molar-refractivity contribution in [3.63, 3.8) is 0 Å². The van der Waals surface area contributed by atoms with E-state index in [0.29, 0.717) is 50.4 Å². The predicted molar refractivity (Wildman–Crippen MR) is 146 cm³/mol. The highest BCUT2D eigenvalue weighted by atomic mass is 19.1. The highest BCUT2D eigenvalue weighted by Crippen LogP contribution is 2.39. The van der Waals surface area contributed by atoms with E-state index >= 15 is 0 Å². The standard InChI is InChI=1S/C30H45FN2O6/c1-17(2)26(18(3)4)33-27(34)20-9-8-10-23(20)32-28(35)21-15-25(22(31)16-24(21)37-6)39-19-11-13-30(5,14-12-19)29(36)38-7/h15-20,23,26H,8-14H2,1-7H3,(H,32,35)(H,33,34)/t19-,20-,23+,30+/m0/s1. The monoisotopic (exact) mass is 548 g/mol. The Morgan fingerprint density at radius 2 is 1.62 bits per heavy atom. The fourth-order valence-corrected chi connectivity index (χ4v) is 6.02. The number of hydrogen-bond donors (Lipinski definition) is 2. The summed E-state index contributed by atoms with van der Waals surface area (Å²) in [5, 5.41) is 6.19. The van der Waals surface area contributed by atoms with Crippen LogP contribution < -0.4 is 20.1 Å². The molecule has 1 aromatic rings. The molecule has 2 atom stereocenters. The van der Waals surface area contributed by atoms with E-state index in [9.17, 15) is 18.8 Å². The van der Waals surface area contributed by atoms with E-state index in [1.54, 1.807) is 0 Å². The molecule has 0 saturated heterocycles. The van der Waals surface area contributed by atoms with E-state index in [1.807, 2.05) is 6.92 Å². The lowest BCUT2D eigenvalue weighted by Crippen LogP contribution is -2.49. The predicted octanol–water partition coefficient (Wildman–Crippen LogP) is 5.03. The molecule has 9 heteroatoms. The van der Waals surface area contributed by atoms with Crippen molar-refractivity contribution in [1.82, 2.24) is 10.6 Å². The molecule has 39 heavy (non-hydrogen) atoms. The molecule has 0 bridgehead atoms. The van der Waals surface area contributed by atoms with Gasteiger partial charge >= 0.3 is 5.97 Å². The van der Waals surface area contributed by atoms with Gasteiger partial charge in [0.1, 0.15) is 5.75 Å². The first-order valence-electron chi connectivity index (χ1n) is 14.1. The Bertz CT molecular complexity index is 1030. The summed E-state index contributed by atoms with van der Waals surface area (Å²) in [6, 6.07) is 2.25. The molecular formula is C30H45FN2O6. The zero-order chi connectivity index (χ0) is 28.9. The average molecular weight is 549 g/mol. The summed E-state index contributed by atoms with van der Waals surface area (Å²) in [4.78, 5) is 38.7. The first kappa shape index (κ1) is 30.7.